The molecule has 1 saturated heterocycles. The van der Waals surface area contributed by atoms with Crippen LogP contribution in [0.15, 0.2) is 35.1 Å². The minimum Gasteiger partial charge on any atom is -0.367 e. The van der Waals surface area contributed by atoms with Crippen LogP contribution in [-0.4, -0.2) is 49.0 Å². The lowest BCUT2D eigenvalue weighted by atomic mass is 10.2. The van der Waals surface area contributed by atoms with Crippen LogP contribution in [0.25, 0.3) is 0 Å². The zero-order valence-corrected chi connectivity index (χ0v) is 13.9. The molecule has 1 aromatic carbocycles. The van der Waals surface area contributed by atoms with Crippen molar-refractivity contribution in [3.05, 3.63) is 52.2 Å². The van der Waals surface area contributed by atoms with Crippen LogP contribution in [0.2, 0.25) is 0 Å². The van der Waals surface area contributed by atoms with E-state index in [-0.39, 0.29) is 43.3 Å². The largest absolute Gasteiger partial charge is 0.367 e. The number of nitrogens with zero attached hydrogens (tertiary/aromatic N) is 4. The van der Waals surface area contributed by atoms with Crippen LogP contribution in [0.5, 0.6) is 0 Å². The predicted octanol–water partition coefficient (Wildman–Crippen LogP) is 1.37. The van der Waals surface area contributed by atoms with Gasteiger partial charge in [-0.15, -0.1) is 0 Å². The average molecular weight is 370 g/mol. The summed E-state index contributed by atoms with van der Waals surface area (Å²) >= 11 is 0. The van der Waals surface area contributed by atoms with E-state index < -0.39 is 20.8 Å². The number of hydrogen-bond donors (Lipinski definition) is 0. The van der Waals surface area contributed by atoms with Gasteiger partial charge in [0.15, 0.2) is 5.82 Å². The van der Waals surface area contributed by atoms with Crippen molar-refractivity contribution in [2.75, 3.05) is 31.1 Å². The second-order valence-corrected chi connectivity index (χ2v) is 7.49. The number of anilines is 1. The molecule has 2 aromatic rings. The maximum absolute atomic E-state index is 14.1. The number of piperazine rings is 1. The van der Waals surface area contributed by atoms with Gasteiger partial charge in [0.1, 0.15) is 12.0 Å². The maximum atomic E-state index is 14.1. The summed E-state index contributed by atoms with van der Waals surface area (Å²) < 4.78 is 44.8. The molecule has 0 saturated carbocycles. The molecule has 0 atom stereocenters. The molecule has 0 amide bonds. The Balaban J connectivity index is 1.66. The molecule has 25 heavy (non-hydrogen) atoms. The van der Waals surface area contributed by atoms with Crippen LogP contribution in [0.1, 0.15) is 5.69 Å². The van der Waals surface area contributed by atoms with E-state index in [1.807, 2.05) is 0 Å². The molecule has 2 heterocycles. The van der Waals surface area contributed by atoms with Gasteiger partial charge in [0.05, 0.1) is 22.4 Å². The highest BCUT2D eigenvalue weighted by molar-refractivity contribution is 7.88. The van der Waals surface area contributed by atoms with Crippen LogP contribution in [0.4, 0.5) is 15.8 Å². The minimum absolute atomic E-state index is 0.191. The van der Waals surface area contributed by atoms with Crippen LogP contribution in [-0.2, 0) is 15.8 Å². The van der Waals surface area contributed by atoms with Gasteiger partial charge in [-0.25, -0.2) is 12.8 Å². The molecular formula is C14H15FN4O5S. The highest BCUT2D eigenvalue weighted by Crippen LogP contribution is 2.25. The van der Waals surface area contributed by atoms with E-state index in [9.17, 15) is 22.9 Å². The first-order valence-corrected chi connectivity index (χ1v) is 9.04. The summed E-state index contributed by atoms with van der Waals surface area (Å²) in [6, 6.07) is 4.92. The van der Waals surface area contributed by atoms with E-state index in [2.05, 4.69) is 9.68 Å². The van der Waals surface area contributed by atoms with Crippen LogP contribution in [0, 0.1) is 15.9 Å². The van der Waals surface area contributed by atoms with Gasteiger partial charge in [-0.3, -0.25) is 10.1 Å². The summed E-state index contributed by atoms with van der Waals surface area (Å²) in [5.41, 5.74) is 0.220. The Morgan fingerprint density at radius 1 is 1.24 bits per heavy atom. The molecule has 0 unspecified atom stereocenters. The summed E-state index contributed by atoms with van der Waals surface area (Å²) in [5.74, 6) is -0.955. The molecule has 134 valence electrons. The highest BCUT2D eigenvalue weighted by atomic mass is 32.2. The second kappa shape index (κ2) is 6.76. The topological polar surface area (TPSA) is 110 Å². The Kier molecular flexibility index (Phi) is 4.68. The van der Waals surface area contributed by atoms with E-state index in [0.29, 0.717) is 5.69 Å². The zero-order chi connectivity index (χ0) is 18.0. The molecule has 0 N–H and O–H groups in total. The zero-order valence-electron chi connectivity index (χ0n) is 13.0. The number of rotatable bonds is 5. The quantitative estimate of drug-likeness (QED) is 0.577. The first kappa shape index (κ1) is 17.3. The molecule has 11 heteroatoms. The molecule has 0 radical (unpaired) electrons. The number of benzene rings is 1. The van der Waals surface area contributed by atoms with Gasteiger partial charge in [-0.2, -0.15) is 4.31 Å². The summed E-state index contributed by atoms with van der Waals surface area (Å²) in [6.45, 7) is 0.951. The van der Waals surface area contributed by atoms with Gasteiger partial charge in [-0.1, -0.05) is 5.16 Å². The van der Waals surface area contributed by atoms with Crippen molar-refractivity contribution in [2.24, 2.45) is 0 Å². The number of hydrogen-bond acceptors (Lipinski definition) is 7. The third-order valence-electron chi connectivity index (χ3n) is 3.94. The summed E-state index contributed by atoms with van der Waals surface area (Å²) in [6.07, 6.45) is 1.31. The van der Waals surface area contributed by atoms with Gasteiger partial charge >= 0.3 is 0 Å². The van der Waals surface area contributed by atoms with Crippen molar-refractivity contribution in [1.82, 2.24) is 9.46 Å². The number of halogens is 1. The minimum atomic E-state index is -3.54. The van der Waals surface area contributed by atoms with Crippen molar-refractivity contribution in [2.45, 2.75) is 5.75 Å². The van der Waals surface area contributed by atoms with Gasteiger partial charge in [-0.05, 0) is 6.07 Å². The van der Waals surface area contributed by atoms with Crippen molar-refractivity contribution in [3.8, 4) is 0 Å². The van der Waals surface area contributed by atoms with Crippen LogP contribution in [0.3, 0.4) is 0 Å². The Hall–Kier alpha value is -2.53. The first-order chi connectivity index (χ1) is 11.9. The maximum Gasteiger partial charge on any atom is 0.272 e. The monoisotopic (exact) mass is 370 g/mol. The Morgan fingerprint density at radius 2 is 1.96 bits per heavy atom. The van der Waals surface area contributed by atoms with Crippen molar-refractivity contribution in [1.29, 1.82) is 0 Å². The van der Waals surface area contributed by atoms with Gasteiger partial charge in [0.25, 0.3) is 5.69 Å². The fourth-order valence-corrected chi connectivity index (χ4v) is 4.09. The third-order valence-corrected chi connectivity index (χ3v) is 5.75. The van der Waals surface area contributed by atoms with Crippen LogP contribution < -0.4 is 4.90 Å². The second-order valence-electron chi connectivity index (χ2n) is 5.53. The van der Waals surface area contributed by atoms with E-state index in [0.717, 1.165) is 6.07 Å². The molecule has 9 nitrogen and oxygen atoms in total. The Bertz CT molecular complexity index is 863. The third kappa shape index (κ3) is 3.77. The van der Waals surface area contributed by atoms with E-state index >= 15 is 0 Å². The van der Waals surface area contributed by atoms with Crippen molar-refractivity contribution >= 4 is 21.4 Å². The molecule has 0 bridgehead atoms. The SMILES string of the molecule is O=[N+]([O-])c1ccc(N2CCN(S(=O)(=O)Cc3ccon3)CC2)c(F)c1. The highest BCUT2D eigenvalue weighted by Gasteiger charge is 2.29. The average Bonchev–Trinajstić information content (AvgIpc) is 3.07. The van der Waals surface area contributed by atoms with Gasteiger partial charge in [0.2, 0.25) is 10.0 Å². The first-order valence-electron chi connectivity index (χ1n) is 7.43. The van der Waals surface area contributed by atoms with E-state index in [1.165, 1.54) is 28.8 Å². The Labute approximate surface area is 142 Å². The molecule has 0 spiro atoms. The molecular weight excluding hydrogens is 355 g/mol. The molecule has 1 aliphatic rings. The number of aromatic nitrogens is 1. The number of non-ortho nitro benzene ring substituents is 1. The summed E-state index contributed by atoms with van der Waals surface area (Å²) in [7, 11) is -3.54. The molecule has 1 aromatic heterocycles. The normalized spacial score (nSPS) is 16.1. The Morgan fingerprint density at radius 3 is 2.52 bits per heavy atom. The molecule has 1 aliphatic heterocycles. The lowest BCUT2D eigenvalue weighted by Gasteiger charge is -2.35. The fraction of sp³-hybridized carbons (Fsp3) is 0.357. The number of nitro groups is 1. The smallest absolute Gasteiger partial charge is 0.272 e. The summed E-state index contributed by atoms with van der Waals surface area (Å²) in [4.78, 5) is 11.7. The van der Waals surface area contributed by atoms with Crippen LogP contribution >= 0.6 is 0 Å². The van der Waals surface area contributed by atoms with E-state index in [1.54, 1.807) is 4.90 Å². The van der Waals surface area contributed by atoms with Gasteiger partial charge in [0, 0.05) is 38.3 Å². The van der Waals surface area contributed by atoms with Crippen molar-refractivity contribution < 1.29 is 22.3 Å². The summed E-state index contributed by atoms with van der Waals surface area (Å²) in [5, 5.41) is 14.3. The molecule has 3 rings (SSSR count). The standard InChI is InChI=1S/C14H15FN4O5S/c15-13-9-12(19(20)21)1-2-14(13)17-4-6-18(7-5-17)25(22,23)10-11-3-8-24-16-11/h1-3,8-9H,4-7,10H2. The molecule has 0 aliphatic carbocycles. The molecule has 1 fully saturated rings. The lowest BCUT2D eigenvalue weighted by Crippen LogP contribution is -2.49. The van der Waals surface area contributed by atoms with E-state index in [4.69, 9.17) is 0 Å². The number of nitro benzene ring substituents is 1. The lowest BCUT2D eigenvalue weighted by molar-refractivity contribution is -0.385. The van der Waals surface area contributed by atoms with Gasteiger partial charge < -0.3 is 9.42 Å². The fourth-order valence-electron chi connectivity index (χ4n) is 2.66. The predicted molar refractivity (Wildman–Crippen MR) is 86.0 cm³/mol. The number of sulfonamides is 1. The van der Waals surface area contributed by atoms with Crippen molar-refractivity contribution in [3.63, 3.8) is 0 Å².